The fourth-order valence-corrected chi connectivity index (χ4v) is 6.54. The molecule has 0 unspecified atom stereocenters. The van der Waals surface area contributed by atoms with E-state index in [1.54, 1.807) is 34.9 Å². The Labute approximate surface area is 224 Å². The molecule has 1 aliphatic heterocycles. The Morgan fingerprint density at radius 2 is 1.89 bits per heavy atom. The molecule has 0 bridgehead atoms. The molecule has 12 heteroatoms. The first-order chi connectivity index (χ1) is 18.2. The quantitative estimate of drug-likeness (QED) is 0.291. The molecule has 0 spiro atoms. The Balaban J connectivity index is 1.56. The van der Waals surface area contributed by atoms with Crippen molar-refractivity contribution in [1.29, 1.82) is 0 Å². The molecule has 1 aromatic heterocycles. The Kier molecular flexibility index (Phi) is 8.75. The fraction of sp³-hybridized carbons (Fsp3) is 0.385. The van der Waals surface area contributed by atoms with Crippen LogP contribution in [0.25, 0.3) is 10.2 Å². The number of fused-ring (bicyclic) bond motifs is 2. The van der Waals surface area contributed by atoms with Crippen LogP contribution in [0.1, 0.15) is 29.3 Å². The van der Waals surface area contributed by atoms with Gasteiger partial charge in [0.2, 0.25) is 5.91 Å². The first kappa shape index (κ1) is 27.7. The van der Waals surface area contributed by atoms with Crippen molar-refractivity contribution in [1.82, 2.24) is 4.57 Å². The number of rotatable bonds is 9. The average Bonchev–Trinajstić information content (AvgIpc) is 3.23. The zero-order valence-corrected chi connectivity index (χ0v) is 22.8. The van der Waals surface area contributed by atoms with Crippen molar-refractivity contribution in [2.45, 2.75) is 26.3 Å². The standard InChI is InChI=1S/C26H29N3O7S2/c1-3-36-14-13-29-21-11-10-19(25(32)35-2)15-22(21)37-26(29)27-23(30)16-38(33,34)17-24(31)28-12-6-8-18-7-4-5-9-20(18)28/h4-5,7,9-11,15H,3,6,8,12-14,16-17H2,1-2H3. The van der Waals surface area contributed by atoms with Crippen molar-refractivity contribution in [3.63, 3.8) is 0 Å². The minimum absolute atomic E-state index is 0.276. The predicted molar refractivity (Wildman–Crippen MR) is 144 cm³/mol. The minimum atomic E-state index is -4.06. The van der Waals surface area contributed by atoms with E-state index in [0.29, 0.717) is 42.3 Å². The maximum Gasteiger partial charge on any atom is 0.337 e. The van der Waals surface area contributed by atoms with Crippen LogP contribution in [0.15, 0.2) is 47.5 Å². The molecule has 0 aliphatic carbocycles. The van der Waals surface area contributed by atoms with Crippen molar-refractivity contribution in [2.24, 2.45) is 4.99 Å². The molecule has 2 heterocycles. The van der Waals surface area contributed by atoms with Gasteiger partial charge in [-0.3, -0.25) is 9.59 Å². The topological polar surface area (TPSA) is 124 Å². The summed E-state index contributed by atoms with van der Waals surface area (Å²) < 4.78 is 38.3. The van der Waals surface area contributed by atoms with Gasteiger partial charge < -0.3 is 18.9 Å². The van der Waals surface area contributed by atoms with Gasteiger partial charge in [0.15, 0.2) is 14.6 Å². The SMILES string of the molecule is CCOCCn1c(=NC(=O)CS(=O)(=O)CC(=O)N2CCCc3ccccc32)sc2cc(C(=O)OC)ccc21. The van der Waals surface area contributed by atoms with Crippen LogP contribution in [0.5, 0.6) is 0 Å². The summed E-state index contributed by atoms with van der Waals surface area (Å²) in [7, 11) is -2.77. The number of hydrogen-bond acceptors (Lipinski definition) is 8. The normalized spacial score (nSPS) is 13.9. The van der Waals surface area contributed by atoms with Crippen LogP contribution in [0.2, 0.25) is 0 Å². The van der Waals surface area contributed by atoms with E-state index in [2.05, 4.69) is 4.99 Å². The van der Waals surface area contributed by atoms with E-state index in [-0.39, 0.29) is 4.80 Å². The highest BCUT2D eigenvalue weighted by molar-refractivity contribution is 7.92. The van der Waals surface area contributed by atoms with Crippen LogP contribution in [-0.4, -0.2) is 69.1 Å². The van der Waals surface area contributed by atoms with E-state index in [1.165, 1.54) is 12.0 Å². The summed E-state index contributed by atoms with van der Waals surface area (Å²) in [4.78, 5) is 43.5. The summed E-state index contributed by atoms with van der Waals surface area (Å²) in [6.07, 6.45) is 1.56. The van der Waals surface area contributed by atoms with Crippen molar-refractivity contribution in [2.75, 3.05) is 43.3 Å². The third-order valence-electron chi connectivity index (χ3n) is 6.09. The second-order valence-electron chi connectivity index (χ2n) is 8.72. The van der Waals surface area contributed by atoms with E-state index in [1.807, 2.05) is 19.1 Å². The zero-order chi connectivity index (χ0) is 27.3. The van der Waals surface area contributed by atoms with E-state index in [9.17, 15) is 22.8 Å². The lowest BCUT2D eigenvalue weighted by Crippen LogP contribution is -2.40. The van der Waals surface area contributed by atoms with Gasteiger partial charge in [-0.05, 0) is 49.6 Å². The number of nitrogens with zero attached hydrogens (tertiary/aromatic N) is 3. The molecule has 0 N–H and O–H groups in total. The van der Waals surface area contributed by atoms with Crippen LogP contribution in [-0.2, 0) is 41.9 Å². The first-order valence-corrected chi connectivity index (χ1v) is 14.8. The molecule has 3 aromatic rings. The second kappa shape index (κ2) is 12.0. The Hall–Kier alpha value is -3.35. The van der Waals surface area contributed by atoms with E-state index >= 15 is 0 Å². The molecule has 2 aromatic carbocycles. The van der Waals surface area contributed by atoms with Gasteiger partial charge in [0, 0.05) is 25.4 Å². The van der Waals surface area contributed by atoms with Gasteiger partial charge in [-0.2, -0.15) is 4.99 Å². The molecule has 1 aliphatic rings. The number of benzene rings is 2. The molecule has 0 fully saturated rings. The van der Waals surface area contributed by atoms with Crippen molar-refractivity contribution in [3.05, 3.63) is 58.4 Å². The van der Waals surface area contributed by atoms with Gasteiger partial charge in [0.05, 0.1) is 29.5 Å². The zero-order valence-electron chi connectivity index (χ0n) is 21.2. The molecular formula is C26H29N3O7S2. The summed E-state index contributed by atoms with van der Waals surface area (Å²) in [6.45, 7) is 3.53. The number of anilines is 1. The predicted octanol–water partition coefficient (Wildman–Crippen LogP) is 2.35. The molecule has 0 saturated heterocycles. The van der Waals surface area contributed by atoms with Crippen LogP contribution < -0.4 is 9.70 Å². The van der Waals surface area contributed by atoms with Crippen LogP contribution in [0, 0.1) is 0 Å². The number of ether oxygens (including phenoxy) is 2. The molecule has 38 heavy (non-hydrogen) atoms. The molecule has 4 rings (SSSR count). The maximum atomic E-state index is 12.9. The summed E-state index contributed by atoms with van der Waals surface area (Å²) in [5, 5.41) is 0. The summed E-state index contributed by atoms with van der Waals surface area (Å²) in [5.41, 5.74) is 2.77. The Bertz CT molecular complexity index is 1540. The lowest BCUT2D eigenvalue weighted by molar-refractivity contribution is -0.116. The number of carbonyl (C=O) groups is 3. The van der Waals surface area contributed by atoms with Gasteiger partial charge in [-0.25, -0.2) is 13.2 Å². The number of para-hydroxylation sites is 1. The Morgan fingerprint density at radius 3 is 2.66 bits per heavy atom. The van der Waals surface area contributed by atoms with Crippen molar-refractivity contribution < 1.29 is 32.3 Å². The molecular weight excluding hydrogens is 530 g/mol. The third-order valence-corrected chi connectivity index (χ3v) is 8.50. The number of sulfone groups is 1. The highest BCUT2D eigenvalue weighted by Gasteiger charge is 2.28. The van der Waals surface area contributed by atoms with E-state index in [4.69, 9.17) is 9.47 Å². The third kappa shape index (κ3) is 6.37. The van der Waals surface area contributed by atoms with Crippen molar-refractivity contribution >= 4 is 54.9 Å². The number of hydrogen-bond donors (Lipinski definition) is 0. The lowest BCUT2D eigenvalue weighted by atomic mass is 10.0. The average molecular weight is 560 g/mol. The van der Waals surface area contributed by atoms with Gasteiger partial charge in [0.1, 0.15) is 11.5 Å². The van der Waals surface area contributed by atoms with Gasteiger partial charge >= 0.3 is 5.97 Å². The highest BCUT2D eigenvalue weighted by atomic mass is 32.2. The number of thiazole rings is 1. The number of amides is 2. The maximum absolute atomic E-state index is 12.9. The number of carbonyl (C=O) groups excluding carboxylic acids is 3. The highest BCUT2D eigenvalue weighted by Crippen LogP contribution is 2.27. The van der Waals surface area contributed by atoms with E-state index in [0.717, 1.165) is 35.3 Å². The number of aryl methyl sites for hydroxylation is 1. The smallest absolute Gasteiger partial charge is 0.337 e. The fourth-order valence-electron chi connectivity index (χ4n) is 4.36. The molecule has 0 atom stereocenters. The van der Waals surface area contributed by atoms with E-state index < -0.39 is 39.1 Å². The van der Waals surface area contributed by atoms with Crippen LogP contribution >= 0.6 is 11.3 Å². The molecule has 2 amide bonds. The van der Waals surface area contributed by atoms with Crippen LogP contribution in [0.4, 0.5) is 5.69 Å². The Morgan fingerprint density at radius 1 is 1.11 bits per heavy atom. The van der Waals surface area contributed by atoms with Gasteiger partial charge in [-0.1, -0.05) is 29.5 Å². The minimum Gasteiger partial charge on any atom is -0.465 e. The number of methoxy groups -OCH3 is 1. The first-order valence-electron chi connectivity index (χ1n) is 12.2. The molecule has 0 radical (unpaired) electrons. The van der Waals surface area contributed by atoms with Crippen molar-refractivity contribution in [3.8, 4) is 0 Å². The van der Waals surface area contributed by atoms with Gasteiger partial charge in [0.25, 0.3) is 5.91 Å². The number of aromatic nitrogens is 1. The summed E-state index contributed by atoms with van der Waals surface area (Å²) in [5.74, 6) is -3.60. The van der Waals surface area contributed by atoms with Gasteiger partial charge in [-0.15, -0.1) is 0 Å². The molecule has 0 saturated carbocycles. The molecule has 202 valence electrons. The molecule has 10 nitrogen and oxygen atoms in total. The summed E-state index contributed by atoms with van der Waals surface area (Å²) in [6, 6.07) is 12.4. The largest absolute Gasteiger partial charge is 0.465 e. The lowest BCUT2D eigenvalue weighted by Gasteiger charge is -2.29. The van der Waals surface area contributed by atoms with Crippen LogP contribution in [0.3, 0.4) is 0 Å². The number of esters is 1. The monoisotopic (exact) mass is 559 g/mol. The second-order valence-corrected chi connectivity index (χ2v) is 11.8. The summed E-state index contributed by atoms with van der Waals surface area (Å²) >= 11 is 1.15.